The molecule has 1 rings (SSSR count). The lowest BCUT2D eigenvalue weighted by Crippen LogP contribution is -2.18. The number of halogens is 3. The molecule has 1 aromatic heterocycles. The maximum Gasteiger partial charge on any atom is 0.281 e. The van der Waals surface area contributed by atoms with Gasteiger partial charge in [-0.2, -0.15) is 4.39 Å². The highest BCUT2D eigenvalue weighted by Crippen LogP contribution is 2.25. The third-order valence-electron chi connectivity index (χ3n) is 1.50. The van der Waals surface area contributed by atoms with Crippen molar-refractivity contribution in [3.05, 3.63) is 23.3 Å². The molecule has 0 fully saturated rings. The van der Waals surface area contributed by atoms with Crippen molar-refractivity contribution >= 4 is 11.6 Å². The van der Waals surface area contributed by atoms with Crippen LogP contribution in [0, 0.1) is 5.95 Å². The number of alkyl halides is 2. The first kappa shape index (κ1) is 10.3. The minimum atomic E-state index is -3.10. The van der Waals surface area contributed by atoms with Gasteiger partial charge in [0.1, 0.15) is 5.69 Å². The number of rotatable bonds is 2. The topological polar surface area (TPSA) is 82.0 Å². The van der Waals surface area contributed by atoms with Crippen molar-refractivity contribution < 1.29 is 18.0 Å². The Balaban J connectivity index is 3.44. The fourth-order valence-corrected chi connectivity index (χ4v) is 0.978. The summed E-state index contributed by atoms with van der Waals surface area (Å²) in [5, 5.41) is 0. The van der Waals surface area contributed by atoms with Gasteiger partial charge in [0, 0.05) is 6.07 Å². The first-order chi connectivity index (χ1) is 6.43. The monoisotopic (exact) mass is 205 g/mol. The molecule has 14 heavy (non-hydrogen) atoms. The number of nitrogen functional groups attached to an aromatic ring is 1. The quantitative estimate of drug-likeness (QED) is 0.702. The lowest BCUT2D eigenvalue weighted by atomic mass is 10.1. The van der Waals surface area contributed by atoms with Crippen LogP contribution in [0.4, 0.5) is 18.9 Å². The average molecular weight is 205 g/mol. The number of pyridine rings is 1. The number of nitrogens with zero attached hydrogens (tertiary/aromatic N) is 1. The summed E-state index contributed by atoms with van der Waals surface area (Å²) in [6, 6.07) is 0.659. The summed E-state index contributed by atoms with van der Waals surface area (Å²) < 4.78 is 37.1. The van der Waals surface area contributed by atoms with Gasteiger partial charge in [-0.3, -0.25) is 4.79 Å². The van der Waals surface area contributed by atoms with Crippen LogP contribution in [-0.4, -0.2) is 10.9 Å². The average Bonchev–Trinajstić information content (AvgIpc) is 2.01. The van der Waals surface area contributed by atoms with E-state index in [1.54, 1.807) is 0 Å². The third-order valence-corrected chi connectivity index (χ3v) is 1.50. The Morgan fingerprint density at radius 1 is 1.50 bits per heavy atom. The van der Waals surface area contributed by atoms with Gasteiger partial charge in [0.15, 0.2) is 0 Å². The van der Waals surface area contributed by atoms with Gasteiger partial charge in [-0.25, -0.2) is 13.8 Å². The molecule has 76 valence electrons. The van der Waals surface area contributed by atoms with Crippen molar-refractivity contribution in [2.75, 3.05) is 5.73 Å². The molecule has 4 N–H and O–H groups in total. The van der Waals surface area contributed by atoms with Gasteiger partial charge < -0.3 is 11.5 Å². The van der Waals surface area contributed by atoms with E-state index in [0.717, 1.165) is 0 Å². The molecule has 0 aliphatic carbocycles. The number of nitrogens with two attached hydrogens (primary N) is 2. The van der Waals surface area contributed by atoms with Gasteiger partial charge in [-0.15, -0.1) is 0 Å². The van der Waals surface area contributed by atoms with E-state index >= 15 is 0 Å². The van der Waals surface area contributed by atoms with Crippen LogP contribution < -0.4 is 11.5 Å². The van der Waals surface area contributed by atoms with Crippen LogP contribution in [0.2, 0.25) is 0 Å². The van der Waals surface area contributed by atoms with Crippen molar-refractivity contribution in [3.8, 4) is 0 Å². The first-order valence-corrected chi connectivity index (χ1v) is 3.47. The summed E-state index contributed by atoms with van der Waals surface area (Å²) in [7, 11) is 0. The Kier molecular flexibility index (Phi) is 2.59. The molecule has 0 aliphatic rings. The number of hydrogen-bond donors (Lipinski definition) is 2. The van der Waals surface area contributed by atoms with Crippen LogP contribution in [0.5, 0.6) is 0 Å². The molecule has 1 amide bonds. The Morgan fingerprint density at radius 2 is 2.07 bits per heavy atom. The van der Waals surface area contributed by atoms with E-state index in [4.69, 9.17) is 11.5 Å². The molecule has 7 heteroatoms. The summed E-state index contributed by atoms with van der Waals surface area (Å²) in [6.07, 6.45) is -3.10. The second-order valence-corrected chi connectivity index (χ2v) is 2.46. The molecular formula is C7H6F3N3O. The second kappa shape index (κ2) is 3.52. The maximum absolute atomic E-state index is 12.6. The lowest BCUT2D eigenvalue weighted by molar-refractivity contribution is 0.0983. The van der Waals surface area contributed by atoms with Crippen LogP contribution >= 0.6 is 0 Å². The fraction of sp³-hybridized carbons (Fsp3) is 0.143. The zero-order valence-electron chi connectivity index (χ0n) is 6.80. The zero-order chi connectivity index (χ0) is 10.9. The SMILES string of the molecule is NC(=O)c1c(N)cc(F)nc1C(F)F. The van der Waals surface area contributed by atoms with Crippen LogP contribution in [0.3, 0.4) is 0 Å². The molecule has 0 saturated heterocycles. The van der Waals surface area contributed by atoms with Gasteiger partial charge in [0.2, 0.25) is 5.95 Å². The Morgan fingerprint density at radius 3 is 2.50 bits per heavy atom. The molecule has 0 unspecified atom stereocenters. The van der Waals surface area contributed by atoms with E-state index in [1.807, 2.05) is 0 Å². The van der Waals surface area contributed by atoms with Crippen LogP contribution in [0.25, 0.3) is 0 Å². The number of primary amides is 1. The highest BCUT2D eigenvalue weighted by Gasteiger charge is 2.22. The number of carbonyl (C=O) groups is 1. The van der Waals surface area contributed by atoms with Crippen molar-refractivity contribution in [1.29, 1.82) is 0 Å². The van der Waals surface area contributed by atoms with Crippen LogP contribution in [0.15, 0.2) is 6.07 Å². The molecule has 0 bridgehead atoms. The molecule has 0 aromatic carbocycles. The normalized spacial score (nSPS) is 10.6. The molecule has 1 heterocycles. The fourth-order valence-electron chi connectivity index (χ4n) is 0.978. The van der Waals surface area contributed by atoms with E-state index in [1.165, 1.54) is 0 Å². The molecule has 1 aromatic rings. The number of carbonyl (C=O) groups excluding carboxylic acids is 1. The molecule has 4 nitrogen and oxygen atoms in total. The Labute approximate surface area is 76.7 Å². The van der Waals surface area contributed by atoms with Crippen molar-refractivity contribution in [3.63, 3.8) is 0 Å². The Hall–Kier alpha value is -1.79. The highest BCUT2D eigenvalue weighted by molar-refractivity contribution is 5.99. The van der Waals surface area contributed by atoms with Crippen LogP contribution in [-0.2, 0) is 0 Å². The van der Waals surface area contributed by atoms with Gasteiger partial charge in [-0.1, -0.05) is 0 Å². The molecule has 0 spiro atoms. The number of amides is 1. The van der Waals surface area contributed by atoms with E-state index in [0.29, 0.717) is 6.07 Å². The van der Waals surface area contributed by atoms with E-state index < -0.39 is 35.2 Å². The summed E-state index contributed by atoms with van der Waals surface area (Å²) in [5.74, 6) is -2.34. The Bertz CT molecular complexity index is 381. The van der Waals surface area contributed by atoms with E-state index in [9.17, 15) is 18.0 Å². The minimum Gasteiger partial charge on any atom is -0.398 e. The van der Waals surface area contributed by atoms with Crippen LogP contribution in [0.1, 0.15) is 22.5 Å². The predicted octanol–water partition coefficient (Wildman–Crippen LogP) is 0.839. The van der Waals surface area contributed by atoms with Crippen molar-refractivity contribution in [2.24, 2.45) is 5.73 Å². The van der Waals surface area contributed by atoms with Gasteiger partial charge in [-0.05, 0) is 0 Å². The number of aromatic nitrogens is 1. The van der Waals surface area contributed by atoms with Crippen molar-refractivity contribution in [1.82, 2.24) is 4.98 Å². The molecule has 0 radical (unpaired) electrons. The maximum atomic E-state index is 12.6. The standard InChI is InChI=1S/C7H6F3N3O/c8-3-1-2(11)4(7(12)14)5(13-3)6(9)10/h1,6H,(H2,11,13)(H2,12,14). The second-order valence-electron chi connectivity index (χ2n) is 2.46. The smallest absolute Gasteiger partial charge is 0.281 e. The van der Waals surface area contributed by atoms with E-state index in [-0.39, 0.29) is 0 Å². The van der Waals surface area contributed by atoms with Gasteiger partial charge in [0.05, 0.1) is 11.3 Å². The zero-order valence-corrected chi connectivity index (χ0v) is 6.80. The largest absolute Gasteiger partial charge is 0.398 e. The minimum absolute atomic E-state index is 0.444. The molecule has 0 aliphatic heterocycles. The number of anilines is 1. The van der Waals surface area contributed by atoms with Gasteiger partial charge in [0.25, 0.3) is 12.3 Å². The summed E-state index contributed by atoms with van der Waals surface area (Å²) >= 11 is 0. The third kappa shape index (κ3) is 1.76. The van der Waals surface area contributed by atoms with Crippen molar-refractivity contribution in [2.45, 2.75) is 6.43 Å². The summed E-state index contributed by atoms with van der Waals surface area (Å²) in [4.78, 5) is 13.6. The van der Waals surface area contributed by atoms with E-state index in [2.05, 4.69) is 4.98 Å². The van der Waals surface area contributed by atoms with Gasteiger partial charge >= 0.3 is 0 Å². The lowest BCUT2D eigenvalue weighted by Gasteiger charge is -2.07. The summed E-state index contributed by atoms with van der Waals surface area (Å²) in [6.45, 7) is 0. The molecule has 0 saturated carbocycles. The predicted molar refractivity (Wildman–Crippen MR) is 42.1 cm³/mol. The first-order valence-electron chi connectivity index (χ1n) is 3.47. The number of hydrogen-bond acceptors (Lipinski definition) is 3. The molecular weight excluding hydrogens is 199 g/mol. The highest BCUT2D eigenvalue weighted by atomic mass is 19.3. The molecule has 0 atom stereocenters. The summed E-state index contributed by atoms with van der Waals surface area (Å²) in [5.41, 5.74) is 7.82.